The monoisotopic (exact) mass is 173 g/mol. The molecule has 2 radical (unpaired) electrons. The number of aliphatic hydroxyl groups excluding tert-OH is 1. The van der Waals surface area contributed by atoms with Crippen molar-refractivity contribution in [2.75, 3.05) is 33.9 Å². The summed E-state index contributed by atoms with van der Waals surface area (Å²) in [6.45, 7) is 0.944. The van der Waals surface area contributed by atoms with Crippen LogP contribution in [0, 0.1) is 0 Å². The van der Waals surface area contributed by atoms with Gasteiger partial charge in [-0.1, -0.05) is 0 Å². The van der Waals surface area contributed by atoms with Crippen molar-refractivity contribution in [3.05, 3.63) is 0 Å². The van der Waals surface area contributed by atoms with Gasteiger partial charge in [0.1, 0.15) is 7.85 Å². The summed E-state index contributed by atoms with van der Waals surface area (Å²) in [4.78, 5) is 0. The van der Waals surface area contributed by atoms with Crippen molar-refractivity contribution < 1.29 is 14.6 Å². The molecule has 12 heavy (non-hydrogen) atoms. The highest BCUT2D eigenvalue weighted by Gasteiger charge is 2.10. The first-order valence-corrected chi connectivity index (χ1v) is 3.90. The first kappa shape index (κ1) is 11.9. The van der Waals surface area contributed by atoms with Crippen LogP contribution in [0.1, 0.15) is 0 Å². The zero-order valence-corrected chi connectivity index (χ0v) is 7.62. The van der Waals surface area contributed by atoms with Gasteiger partial charge in [0.25, 0.3) is 0 Å². The molecule has 0 bridgehead atoms. The lowest BCUT2D eigenvalue weighted by Crippen LogP contribution is -2.35. The van der Waals surface area contributed by atoms with E-state index in [4.69, 9.17) is 22.4 Å². The van der Waals surface area contributed by atoms with Gasteiger partial charge in [-0.15, -0.1) is 0 Å². The summed E-state index contributed by atoms with van der Waals surface area (Å²) in [5.41, 5.74) is 0. The van der Waals surface area contributed by atoms with Crippen LogP contribution in [0.3, 0.4) is 0 Å². The van der Waals surface area contributed by atoms with Gasteiger partial charge >= 0.3 is 0 Å². The molecule has 0 fully saturated rings. The second kappa shape index (κ2) is 7.55. The number of methoxy groups -OCH3 is 1. The van der Waals surface area contributed by atoms with Crippen LogP contribution in [-0.2, 0) is 9.47 Å². The minimum atomic E-state index is -0.626. The molecule has 0 saturated carbocycles. The van der Waals surface area contributed by atoms with Crippen LogP contribution < -0.4 is 5.32 Å². The topological polar surface area (TPSA) is 50.7 Å². The molecule has 0 aliphatic rings. The quantitative estimate of drug-likeness (QED) is 0.471. The van der Waals surface area contributed by atoms with E-state index in [1.165, 1.54) is 0 Å². The maximum Gasteiger partial charge on any atom is 0.112 e. The summed E-state index contributed by atoms with van der Waals surface area (Å²) >= 11 is 0. The molecular formula is C7H16BNO3. The Balaban J connectivity index is 3.61. The fourth-order valence-electron chi connectivity index (χ4n) is 0.850. The summed E-state index contributed by atoms with van der Waals surface area (Å²) in [5, 5.41) is 11.5. The summed E-state index contributed by atoms with van der Waals surface area (Å²) in [6, 6.07) is -0.626. The largest absolute Gasteiger partial charge is 0.395 e. The molecule has 70 valence electrons. The molecule has 0 aromatic rings. The SMILES string of the molecule is [B][C@@H](CO)O[C@H](CNC)COC. The van der Waals surface area contributed by atoms with Crippen molar-refractivity contribution in [3.63, 3.8) is 0 Å². The van der Waals surface area contributed by atoms with Crippen LogP contribution in [-0.4, -0.2) is 59.0 Å². The molecule has 4 nitrogen and oxygen atoms in total. The Morgan fingerprint density at radius 2 is 2.25 bits per heavy atom. The van der Waals surface area contributed by atoms with Gasteiger partial charge in [0.15, 0.2) is 0 Å². The minimum Gasteiger partial charge on any atom is -0.395 e. The second-order valence-corrected chi connectivity index (χ2v) is 2.49. The molecule has 0 spiro atoms. The highest BCUT2D eigenvalue weighted by molar-refractivity contribution is 6.11. The lowest BCUT2D eigenvalue weighted by Gasteiger charge is -2.20. The van der Waals surface area contributed by atoms with Crippen LogP contribution >= 0.6 is 0 Å². The van der Waals surface area contributed by atoms with Gasteiger partial charge in [-0.3, -0.25) is 0 Å². The number of hydrogen-bond acceptors (Lipinski definition) is 4. The standard InChI is InChI=1S/C7H16BNO3/c1-9-3-6(5-11-2)12-7(8)4-10/h6-7,9-10H,3-5H2,1-2H3/t6-,7-/m1/s1. The van der Waals surface area contributed by atoms with Gasteiger partial charge in [-0.05, 0) is 7.05 Å². The minimum absolute atomic E-state index is 0.109. The number of rotatable bonds is 7. The Labute approximate surface area is 74.7 Å². The van der Waals surface area contributed by atoms with Crippen LogP contribution in [0.25, 0.3) is 0 Å². The number of ether oxygens (including phenoxy) is 2. The summed E-state index contributed by atoms with van der Waals surface area (Å²) < 4.78 is 10.1. The Kier molecular flexibility index (Phi) is 7.49. The lowest BCUT2D eigenvalue weighted by molar-refractivity contribution is -0.0319. The number of nitrogens with one attached hydrogen (secondary N) is 1. The third-order valence-corrected chi connectivity index (χ3v) is 1.33. The molecule has 0 aliphatic carbocycles. The van der Waals surface area contributed by atoms with Crippen molar-refractivity contribution in [1.82, 2.24) is 5.32 Å². The van der Waals surface area contributed by atoms with Crippen molar-refractivity contribution in [2.45, 2.75) is 12.1 Å². The fraction of sp³-hybridized carbons (Fsp3) is 1.00. The summed E-state index contributed by atoms with van der Waals surface area (Å²) in [7, 11) is 8.79. The highest BCUT2D eigenvalue weighted by atomic mass is 16.5. The van der Waals surface area contributed by atoms with E-state index in [-0.39, 0.29) is 12.7 Å². The van der Waals surface area contributed by atoms with Crippen molar-refractivity contribution in [2.24, 2.45) is 0 Å². The van der Waals surface area contributed by atoms with E-state index in [1.54, 1.807) is 7.11 Å². The Morgan fingerprint density at radius 3 is 2.67 bits per heavy atom. The van der Waals surface area contributed by atoms with E-state index in [0.717, 1.165) is 0 Å². The maximum absolute atomic E-state index is 8.61. The zero-order valence-electron chi connectivity index (χ0n) is 7.62. The van der Waals surface area contributed by atoms with E-state index in [9.17, 15) is 0 Å². The van der Waals surface area contributed by atoms with E-state index in [2.05, 4.69) is 5.32 Å². The molecule has 0 aliphatic heterocycles. The molecule has 0 rings (SSSR count). The molecule has 2 atom stereocenters. The number of hydrogen-bond donors (Lipinski definition) is 2. The van der Waals surface area contributed by atoms with Gasteiger partial charge < -0.3 is 19.9 Å². The molecule has 0 saturated heterocycles. The average molecular weight is 173 g/mol. The normalized spacial score (nSPS) is 15.9. The van der Waals surface area contributed by atoms with Gasteiger partial charge in [0.2, 0.25) is 0 Å². The number of aliphatic hydroxyl groups is 1. The van der Waals surface area contributed by atoms with Crippen LogP contribution in [0.15, 0.2) is 0 Å². The van der Waals surface area contributed by atoms with Gasteiger partial charge in [0.05, 0.1) is 19.3 Å². The zero-order chi connectivity index (χ0) is 9.40. The lowest BCUT2D eigenvalue weighted by atomic mass is 10.0. The van der Waals surface area contributed by atoms with E-state index >= 15 is 0 Å². The van der Waals surface area contributed by atoms with E-state index < -0.39 is 6.00 Å². The van der Waals surface area contributed by atoms with E-state index in [1.807, 2.05) is 7.05 Å². The van der Waals surface area contributed by atoms with Crippen molar-refractivity contribution in [3.8, 4) is 0 Å². The Morgan fingerprint density at radius 1 is 1.58 bits per heavy atom. The van der Waals surface area contributed by atoms with Gasteiger partial charge in [-0.2, -0.15) is 0 Å². The molecular weight excluding hydrogens is 157 g/mol. The van der Waals surface area contributed by atoms with Crippen LogP contribution in [0.5, 0.6) is 0 Å². The van der Waals surface area contributed by atoms with Gasteiger partial charge in [0, 0.05) is 19.7 Å². The third-order valence-electron chi connectivity index (χ3n) is 1.33. The summed E-state index contributed by atoms with van der Waals surface area (Å²) in [5.74, 6) is 0. The summed E-state index contributed by atoms with van der Waals surface area (Å²) in [6.07, 6.45) is -0.109. The number of likely N-dealkylation sites (N-methyl/N-ethyl adjacent to an activating group) is 1. The average Bonchev–Trinajstić information content (AvgIpc) is 2.05. The third kappa shape index (κ3) is 5.54. The first-order chi connectivity index (χ1) is 5.74. The van der Waals surface area contributed by atoms with E-state index in [0.29, 0.717) is 13.2 Å². The molecule has 5 heteroatoms. The molecule has 0 aromatic heterocycles. The van der Waals surface area contributed by atoms with Crippen LogP contribution in [0.4, 0.5) is 0 Å². The Bertz CT molecular complexity index is 98.7. The Hall–Kier alpha value is -0.0951. The second-order valence-electron chi connectivity index (χ2n) is 2.49. The predicted octanol–water partition coefficient (Wildman–Crippen LogP) is -1.28. The molecule has 0 heterocycles. The van der Waals surface area contributed by atoms with Crippen molar-refractivity contribution >= 4 is 7.85 Å². The molecule has 0 unspecified atom stereocenters. The first-order valence-electron chi connectivity index (χ1n) is 3.90. The maximum atomic E-state index is 8.61. The smallest absolute Gasteiger partial charge is 0.112 e. The fourth-order valence-corrected chi connectivity index (χ4v) is 0.850. The van der Waals surface area contributed by atoms with Gasteiger partial charge in [-0.25, -0.2) is 0 Å². The molecule has 2 N–H and O–H groups in total. The molecule has 0 amide bonds. The van der Waals surface area contributed by atoms with Crippen molar-refractivity contribution in [1.29, 1.82) is 0 Å². The highest BCUT2D eigenvalue weighted by Crippen LogP contribution is 1.95. The molecule has 0 aromatic carbocycles. The predicted molar refractivity (Wildman–Crippen MR) is 47.3 cm³/mol. The van der Waals surface area contributed by atoms with Crippen LogP contribution in [0.2, 0.25) is 0 Å².